The fraction of sp³-hybridized carbons (Fsp3) is 0.467. The Morgan fingerprint density at radius 3 is 2.81 bits per heavy atom. The molecular formula is C15H23N3O3. The summed E-state index contributed by atoms with van der Waals surface area (Å²) >= 11 is 0. The lowest BCUT2D eigenvalue weighted by atomic mass is 10.1. The number of oxime groups is 1. The molecule has 21 heavy (non-hydrogen) atoms. The number of amides is 1. The van der Waals surface area contributed by atoms with Gasteiger partial charge in [0.05, 0.1) is 5.56 Å². The third-order valence-corrected chi connectivity index (χ3v) is 2.91. The molecule has 4 N–H and O–H groups in total. The first kappa shape index (κ1) is 16.8. The van der Waals surface area contributed by atoms with Crippen LogP contribution in [0.4, 0.5) is 0 Å². The van der Waals surface area contributed by atoms with E-state index in [1.54, 1.807) is 24.3 Å². The van der Waals surface area contributed by atoms with Crippen LogP contribution in [0, 0.1) is 5.92 Å². The number of nitrogens with zero attached hydrogens (tertiary/aromatic N) is 1. The number of amidine groups is 1. The molecule has 0 unspecified atom stereocenters. The van der Waals surface area contributed by atoms with E-state index in [0.29, 0.717) is 23.8 Å². The van der Waals surface area contributed by atoms with Crippen LogP contribution in [0.2, 0.25) is 0 Å². The van der Waals surface area contributed by atoms with Gasteiger partial charge in [-0.1, -0.05) is 31.1 Å². The fourth-order valence-electron chi connectivity index (χ4n) is 1.79. The summed E-state index contributed by atoms with van der Waals surface area (Å²) in [6.45, 7) is 4.84. The zero-order valence-electron chi connectivity index (χ0n) is 12.5. The second kappa shape index (κ2) is 8.84. The van der Waals surface area contributed by atoms with Gasteiger partial charge in [0.2, 0.25) is 0 Å². The lowest BCUT2D eigenvalue weighted by Crippen LogP contribution is -2.30. The highest BCUT2D eigenvalue weighted by Gasteiger charge is 2.09. The third-order valence-electron chi connectivity index (χ3n) is 2.91. The summed E-state index contributed by atoms with van der Waals surface area (Å²) in [4.78, 5) is 11.7. The molecular weight excluding hydrogens is 270 g/mol. The van der Waals surface area contributed by atoms with Crippen molar-refractivity contribution in [2.45, 2.75) is 26.7 Å². The second-order valence-electron chi connectivity index (χ2n) is 5.16. The maximum atomic E-state index is 11.7. The molecule has 0 spiro atoms. The molecule has 0 aliphatic rings. The Kier molecular flexibility index (Phi) is 7.08. The molecule has 1 aromatic carbocycles. The smallest absolute Gasteiger partial charge is 0.257 e. The Bertz CT molecular complexity index is 487. The van der Waals surface area contributed by atoms with Gasteiger partial charge in [-0.3, -0.25) is 4.79 Å². The first-order chi connectivity index (χ1) is 10.0. The molecule has 6 nitrogen and oxygen atoms in total. The summed E-state index contributed by atoms with van der Waals surface area (Å²) in [5.74, 6) is 0.798. The third kappa shape index (κ3) is 6.16. The Hall–Kier alpha value is -2.24. The van der Waals surface area contributed by atoms with Crippen molar-refractivity contribution in [3.8, 4) is 5.75 Å². The molecule has 0 heterocycles. The molecule has 1 rings (SSSR count). The van der Waals surface area contributed by atoms with Gasteiger partial charge in [-0.05, 0) is 30.9 Å². The van der Waals surface area contributed by atoms with Crippen LogP contribution in [0.15, 0.2) is 29.4 Å². The van der Waals surface area contributed by atoms with Crippen LogP contribution in [0.5, 0.6) is 5.75 Å². The second-order valence-corrected chi connectivity index (χ2v) is 5.16. The number of hydrogen-bond acceptors (Lipinski definition) is 4. The first-order valence-electron chi connectivity index (χ1n) is 7.01. The van der Waals surface area contributed by atoms with Crippen LogP contribution >= 0.6 is 0 Å². The van der Waals surface area contributed by atoms with E-state index in [9.17, 15) is 4.79 Å². The number of benzene rings is 1. The molecule has 0 fully saturated rings. The van der Waals surface area contributed by atoms with E-state index < -0.39 is 0 Å². The summed E-state index contributed by atoms with van der Waals surface area (Å²) in [5.41, 5.74) is 6.00. The SMILES string of the molecule is CC(C)CCCNC(=O)COc1ccccc1C(N)=NO. The number of carbonyl (C=O) groups is 1. The van der Waals surface area contributed by atoms with Gasteiger partial charge in [-0.25, -0.2) is 0 Å². The summed E-state index contributed by atoms with van der Waals surface area (Å²) in [6, 6.07) is 6.82. The van der Waals surface area contributed by atoms with Gasteiger partial charge >= 0.3 is 0 Å². The molecule has 0 saturated heterocycles. The molecule has 0 atom stereocenters. The maximum absolute atomic E-state index is 11.7. The lowest BCUT2D eigenvalue weighted by Gasteiger charge is -2.11. The quantitative estimate of drug-likeness (QED) is 0.223. The van der Waals surface area contributed by atoms with Gasteiger partial charge in [0.25, 0.3) is 5.91 Å². The number of rotatable bonds is 8. The monoisotopic (exact) mass is 293 g/mol. The highest BCUT2D eigenvalue weighted by atomic mass is 16.5. The van der Waals surface area contributed by atoms with Crippen LogP contribution in [0.25, 0.3) is 0 Å². The molecule has 0 saturated carbocycles. The number of hydrogen-bond donors (Lipinski definition) is 3. The van der Waals surface area contributed by atoms with E-state index in [4.69, 9.17) is 15.7 Å². The zero-order valence-corrected chi connectivity index (χ0v) is 12.5. The van der Waals surface area contributed by atoms with Crippen molar-refractivity contribution >= 4 is 11.7 Å². The minimum Gasteiger partial charge on any atom is -0.483 e. The van der Waals surface area contributed by atoms with Crippen LogP contribution in [-0.4, -0.2) is 30.1 Å². The van der Waals surface area contributed by atoms with Gasteiger partial charge in [-0.15, -0.1) is 0 Å². The molecule has 0 bridgehead atoms. The summed E-state index contributed by atoms with van der Waals surface area (Å²) in [7, 11) is 0. The molecule has 0 radical (unpaired) electrons. The van der Waals surface area contributed by atoms with Crippen molar-refractivity contribution in [2.24, 2.45) is 16.8 Å². The van der Waals surface area contributed by atoms with Crippen molar-refractivity contribution in [1.82, 2.24) is 5.32 Å². The Labute approximate surface area is 125 Å². The van der Waals surface area contributed by atoms with Crippen molar-refractivity contribution in [3.63, 3.8) is 0 Å². The van der Waals surface area contributed by atoms with Crippen molar-refractivity contribution in [2.75, 3.05) is 13.2 Å². The highest BCUT2D eigenvalue weighted by Crippen LogP contribution is 2.17. The minimum absolute atomic E-state index is 0.0528. The van der Waals surface area contributed by atoms with E-state index in [-0.39, 0.29) is 18.3 Å². The molecule has 1 amide bonds. The molecule has 116 valence electrons. The lowest BCUT2D eigenvalue weighted by molar-refractivity contribution is -0.123. The number of ether oxygens (including phenoxy) is 1. The van der Waals surface area contributed by atoms with E-state index >= 15 is 0 Å². The fourth-order valence-corrected chi connectivity index (χ4v) is 1.79. The maximum Gasteiger partial charge on any atom is 0.257 e. The van der Waals surface area contributed by atoms with Gasteiger partial charge in [0.1, 0.15) is 5.75 Å². The molecule has 1 aromatic rings. The predicted octanol–water partition coefficient (Wildman–Crippen LogP) is 1.71. The average Bonchev–Trinajstić information content (AvgIpc) is 2.48. The number of para-hydroxylation sites is 1. The van der Waals surface area contributed by atoms with E-state index in [2.05, 4.69) is 24.3 Å². The molecule has 0 aliphatic heterocycles. The van der Waals surface area contributed by atoms with Crippen LogP contribution in [0.3, 0.4) is 0 Å². The van der Waals surface area contributed by atoms with Crippen LogP contribution in [0.1, 0.15) is 32.3 Å². The normalized spacial score (nSPS) is 11.5. The zero-order chi connectivity index (χ0) is 15.7. The van der Waals surface area contributed by atoms with Crippen molar-refractivity contribution in [3.05, 3.63) is 29.8 Å². The van der Waals surface area contributed by atoms with Crippen molar-refractivity contribution in [1.29, 1.82) is 0 Å². The van der Waals surface area contributed by atoms with Gasteiger partial charge in [0, 0.05) is 6.54 Å². The summed E-state index contributed by atoms with van der Waals surface area (Å²) in [6.07, 6.45) is 2.03. The largest absolute Gasteiger partial charge is 0.483 e. The Morgan fingerprint density at radius 1 is 1.43 bits per heavy atom. The standard InChI is InChI=1S/C15H23N3O3/c1-11(2)6-5-9-17-14(19)10-21-13-8-4-3-7-12(13)15(16)18-20/h3-4,7-8,11,20H,5-6,9-10H2,1-2H3,(H2,16,18)(H,17,19). The van der Waals surface area contributed by atoms with Gasteiger partial charge in [0.15, 0.2) is 12.4 Å². The molecule has 6 heteroatoms. The van der Waals surface area contributed by atoms with Gasteiger partial charge in [-0.2, -0.15) is 0 Å². The molecule has 0 aliphatic carbocycles. The minimum atomic E-state index is -0.187. The number of nitrogens with one attached hydrogen (secondary N) is 1. The Balaban J connectivity index is 2.43. The topological polar surface area (TPSA) is 96.9 Å². The first-order valence-corrected chi connectivity index (χ1v) is 7.01. The summed E-state index contributed by atoms with van der Waals surface area (Å²) in [5, 5.41) is 14.4. The van der Waals surface area contributed by atoms with Crippen LogP contribution < -0.4 is 15.8 Å². The van der Waals surface area contributed by atoms with E-state index in [1.165, 1.54) is 0 Å². The Morgan fingerprint density at radius 2 is 2.14 bits per heavy atom. The summed E-state index contributed by atoms with van der Waals surface area (Å²) < 4.78 is 5.42. The van der Waals surface area contributed by atoms with Crippen molar-refractivity contribution < 1.29 is 14.7 Å². The van der Waals surface area contributed by atoms with Crippen LogP contribution in [-0.2, 0) is 4.79 Å². The van der Waals surface area contributed by atoms with Gasteiger partial charge < -0.3 is 21.0 Å². The van der Waals surface area contributed by atoms with E-state index in [0.717, 1.165) is 12.8 Å². The highest BCUT2D eigenvalue weighted by molar-refractivity contribution is 5.99. The number of nitrogens with two attached hydrogens (primary N) is 1. The predicted molar refractivity (Wildman–Crippen MR) is 81.5 cm³/mol. The average molecular weight is 293 g/mol. The number of carbonyl (C=O) groups excluding carboxylic acids is 1. The molecule has 0 aromatic heterocycles. The van der Waals surface area contributed by atoms with E-state index in [1.807, 2.05) is 0 Å².